The Hall–Kier alpha value is -2.16. The average Bonchev–Trinajstić information content (AvgIpc) is 2.66. The van der Waals surface area contributed by atoms with Crippen LogP contribution in [0.1, 0.15) is 74.4 Å². The van der Waals surface area contributed by atoms with E-state index in [4.69, 9.17) is 0 Å². The van der Waals surface area contributed by atoms with E-state index in [1.165, 1.54) is 18.1 Å². The van der Waals surface area contributed by atoms with Gasteiger partial charge < -0.3 is 4.90 Å². The highest BCUT2D eigenvalue weighted by atomic mass is 19.1. The van der Waals surface area contributed by atoms with Crippen LogP contribution in [0.4, 0.5) is 4.39 Å². The number of rotatable bonds is 4. The van der Waals surface area contributed by atoms with Gasteiger partial charge in [0.1, 0.15) is 5.82 Å². The van der Waals surface area contributed by atoms with E-state index in [-0.39, 0.29) is 22.9 Å². The van der Waals surface area contributed by atoms with Gasteiger partial charge in [0.15, 0.2) is 0 Å². The van der Waals surface area contributed by atoms with Crippen LogP contribution in [0.15, 0.2) is 48.5 Å². The zero-order chi connectivity index (χ0) is 19.4. The van der Waals surface area contributed by atoms with Crippen LogP contribution in [-0.4, -0.2) is 16.8 Å². The van der Waals surface area contributed by atoms with Gasteiger partial charge in [-0.25, -0.2) is 4.39 Å². The predicted octanol–water partition coefficient (Wildman–Crippen LogP) is 6.10. The van der Waals surface area contributed by atoms with Gasteiger partial charge in [0.2, 0.25) is 0 Å². The van der Waals surface area contributed by atoms with E-state index in [0.29, 0.717) is 6.54 Å². The Balaban J connectivity index is 1.86. The van der Waals surface area contributed by atoms with E-state index in [1.54, 1.807) is 18.2 Å². The fourth-order valence-corrected chi connectivity index (χ4v) is 3.86. The molecular formula is C24H30FNO. The second-order valence-corrected chi connectivity index (χ2v) is 8.65. The van der Waals surface area contributed by atoms with Gasteiger partial charge in [-0.2, -0.15) is 0 Å². The normalized spacial score (nSPS) is 15.6. The van der Waals surface area contributed by atoms with Crippen LogP contribution in [0.2, 0.25) is 0 Å². The number of halogens is 1. The fourth-order valence-electron chi connectivity index (χ4n) is 3.86. The molecule has 144 valence electrons. The number of carbonyl (C=O) groups excluding carboxylic acids is 1. The summed E-state index contributed by atoms with van der Waals surface area (Å²) in [5.74, 6) is -0.633. The number of hydrogen-bond acceptors (Lipinski definition) is 1. The minimum atomic E-state index is -0.439. The molecular weight excluding hydrogens is 337 g/mol. The quantitative estimate of drug-likeness (QED) is 0.639. The molecule has 1 saturated carbocycles. The first kappa shape index (κ1) is 19.6. The predicted molar refractivity (Wildman–Crippen MR) is 108 cm³/mol. The van der Waals surface area contributed by atoms with Crippen LogP contribution in [-0.2, 0) is 12.0 Å². The molecule has 0 radical (unpaired) electrons. The van der Waals surface area contributed by atoms with Crippen molar-refractivity contribution in [2.45, 2.75) is 70.9 Å². The van der Waals surface area contributed by atoms with Crippen LogP contribution in [0, 0.1) is 5.82 Å². The summed E-state index contributed by atoms with van der Waals surface area (Å²) >= 11 is 0. The molecule has 2 aromatic rings. The summed E-state index contributed by atoms with van der Waals surface area (Å²) in [6.45, 7) is 7.11. The van der Waals surface area contributed by atoms with Crippen LogP contribution in [0.5, 0.6) is 0 Å². The zero-order valence-electron chi connectivity index (χ0n) is 16.7. The number of hydrogen-bond donors (Lipinski definition) is 0. The molecule has 1 aliphatic rings. The van der Waals surface area contributed by atoms with Gasteiger partial charge in [0, 0.05) is 12.6 Å². The summed E-state index contributed by atoms with van der Waals surface area (Å²) in [4.78, 5) is 15.1. The molecule has 1 aliphatic carbocycles. The van der Waals surface area contributed by atoms with E-state index in [0.717, 1.165) is 31.2 Å². The Morgan fingerprint density at radius 1 is 1.00 bits per heavy atom. The van der Waals surface area contributed by atoms with Crippen LogP contribution in [0.3, 0.4) is 0 Å². The molecule has 0 N–H and O–H groups in total. The first-order chi connectivity index (χ1) is 12.9. The first-order valence-corrected chi connectivity index (χ1v) is 10.0. The molecule has 0 aliphatic heterocycles. The summed E-state index contributed by atoms with van der Waals surface area (Å²) in [5, 5.41) is 0. The molecule has 0 unspecified atom stereocenters. The molecule has 0 heterocycles. The van der Waals surface area contributed by atoms with E-state index in [9.17, 15) is 9.18 Å². The maximum atomic E-state index is 14.2. The van der Waals surface area contributed by atoms with Gasteiger partial charge in [-0.1, -0.05) is 76.4 Å². The summed E-state index contributed by atoms with van der Waals surface area (Å²) in [6, 6.07) is 15.0. The molecule has 0 bridgehead atoms. The maximum Gasteiger partial charge on any atom is 0.257 e. The third-order valence-electron chi connectivity index (χ3n) is 5.55. The Morgan fingerprint density at radius 2 is 1.63 bits per heavy atom. The maximum absolute atomic E-state index is 14.2. The monoisotopic (exact) mass is 367 g/mol. The van der Waals surface area contributed by atoms with Gasteiger partial charge in [0.25, 0.3) is 5.91 Å². The molecule has 3 rings (SSSR count). The van der Waals surface area contributed by atoms with E-state index in [2.05, 4.69) is 45.0 Å². The lowest BCUT2D eigenvalue weighted by Gasteiger charge is -2.35. The van der Waals surface area contributed by atoms with E-state index >= 15 is 0 Å². The molecule has 3 heteroatoms. The van der Waals surface area contributed by atoms with Crippen molar-refractivity contribution in [2.24, 2.45) is 0 Å². The van der Waals surface area contributed by atoms with E-state index in [1.807, 2.05) is 4.90 Å². The van der Waals surface area contributed by atoms with Crippen LogP contribution in [0.25, 0.3) is 0 Å². The molecule has 0 atom stereocenters. The van der Waals surface area contributed by atoms with Crippen molar-refractivity contribution in [3.8, 4) is 0 Å². The van der Waals surface area contributed by atoms with Crippen molar-refractivity contribution in [1.82, 2.24) is 4.90 Å². The average molecular weight is 368 g/mol. The van der Waals surface area contributed by atoms with E-state index < -0.39 is 5.82 Å². The number of benzene rings is 2. The van der Waals surface area contributed by atoms with Crippen molar-refractivity contribution in [3.63, 3.8) is 0 Å². The standard InChI is InChI=1S/C24H30FNO/c1-24(2,3)19-15-13-18(14-16-19)17-26(20-9-5-4-6-10-20)23(27)21-11-7-8-12-22(21)25/h7-8,11-16,20H,4-6,9-10,17H2,1-3H3. The second kappa shape index (κ2) is 8.24. The highest BCUT2D eigenvalue weighted by Crippen LogP contribution is 2.27. The minimum Gasteiger partial charge on any atom is -0.331 e. The highest BCUT2D eigenvalue weighted by Gasteiger charge is 2.28. The molecule has 2 nitrogen and oxygen atoms in total. The lowest BCUT2D eigenvalue weighted by molar-refractivity contribution is 0.0609. The molecule has 0 spiro atoms. The Morgan fingerprint density at radius 3 is 2.22 bits per heavy atom. The van der Waals surface area contributed by atoms with Crippen LogP contribution < -0.4 is 0 Å². The Kier molecular flexibility index (Phi) is 5.98. The molecule has 0 saturated heterocycles. The summed E-state index contributed by atoms with van der Waals surface area (Å²) in [6.07, 6.45) is 5.49. The van der Waals surface area contributed by atoms with Gasteiger partial charge >= 0.3 is 0 Å². The summed E-state index contributed by atoms with van der Waals surface area (Å²) < 4.78 is 14.2. The number of carbonyl (C=O) groups is 1. The van der Waals surface area contributed by atoms with Gasteiger partial charge in [-0.15, -0.1) is 0 Å². The smallest absolute Gasteiger partial charge is 0.257 e. The lowest BCUT2D eigenvalue weighted by atomic mass is 9.86. The molecule has 1 amide bonds. The number of amides is 1. The van der Waals surface area contributed by atoms with Crippen molar-refractivity contribution in [1.29, 1.82) is 0 Å². The second-order valence-electron chi connectivity index (χ2n) is 8.65. The minimum absolute atomic E-state index is 0.102. The third kappa shape index (κ3) is 4.77. The molecule has 2 aromatic carbocycles. The van der Waals surface area contributed by atoms with Crippen molar-refractivity contribution in [3.05, 3.63) is 71.0 Å². The summed E-state index contributed by atoms with van der Waals surface area (Å²) in [5.41, 5.74) is 2.65. The molecule has 1 fully saturated rings. The lowest BCUT2D eigenvalue weighted by Crippen LogP contribution is -2.41. The number of nitrogens with zero attached hydrogens (tertiary/aromatic N) is 1. The molecule has 0 aromatic heterocycles. The largest absolute Gasteiger partial charge is 0.331 e. The Labute approximate surface area is 162 Å². The topological polar surface area (TPSA) is 20.3 Å². The fraction of sp³-hybridized carbons (Fsp3) is 0.458. The highest BCUT2D eigenvalue weighted by molar-refractivity contribution is 5.94. The van der Waals surface area contributed by atoms with Crippen LogP contribution >= 0.6 is 0 Å². The summed E-state index contributed by atoms with van der Waals surface area (Å²) in [7, 11) is 0. The van der Waals surface area contributed by atoms with Crippen molar-refractivity contribution < 1.29 is 9.18 Å². The molecule has 27 heavy (non-hydrogen) atoms. The van der Waals surface area contributed by atoms with Crippen molar-refractivity contribution in [2.75, 3.05) is 0 Å². The Bertz CT molecular complexity index is 770. The third-order valence-corrected chi connectivity index (χ3v) is 5.55. The van der Waals surface area contributed by atoms with Crippen molar-refractivity contribution >= 4 is 5.91 Å². The van der Waals surface area contributed by atoms with Gasteiger partial charge in [-0.05, 0) is 41.5 Å². The SMILES string of the molecule is CC(C)(C)c1ccc(CN(C(=O)c2ccccc2F)C2CCCCC2)cc1. The first-order valence-electron chi connectivity index (χ1n) is 10.0. The van der Waals surface area contributed by atoms with Gasteiger partial charge in [-0.3, -0.25) is 4.79 Å². The van der Waals surface area contributed by atoms with Gasteiger partial charge in [0.05, 0.1) is 5.56 Å². The zero-order valence-corrected chi connectivity index (χ0v) is 16.7.